The van der Waals surface area contributed by atoms with Gasteiger partial charge in [0.05, 0.1) is 12.0 Å². The van der Waals surface area contributed by atoms with Crippen LogP contribution in [0.25, 0.3) is 0 Å². The van der Waals surface area contributed by atoms with Crippen molar-refractivity contribution >= 4 is 17.8 Å². The predicted octanol–water partition coefficient (Wildman–Crippen LogP) is 4.79. The van der Waals surface area contributed by atoms with Gasteiger partial charge in [0.2, 0.25) is 0 Å². The van der Waals surface area contributed by atoms with Crippen LogP contribution in [0, 0.1) is 26.6 Å². The number of hydrogen-bond acceptors (Lipinski definition) is 2. The van der Waals surface area contributed by atoms with Crippen molar-refractivity contribution in [3.05, 3.63) is 64.0 Å². The number of hydrogen-bond donors (Lipinski definition) is 0. The fourth-order valence-corrected chi connectivity index (χ4v) is 2.55. The van der Waals surface area contributed by atoms with Gasteiger partial charge in [-0.15, -0.1) is 0 Å². The molecule has 3 nitrogen and oxygen atoms in total. The number of aryl methyl sites for hydroxylation is 3. The van der Waals surface area contributed by atoms with Crippen molar-refractivity contribution in [2.24, 2.45) is 4.99 Å². The number of ketones is 1. The summed E-state index contributed by atoms with van der Waals surface area (Å²) in [4.78, 5) is 19.1. The highest BCUT2D eigenvalue weighted by Gasteiger charge is 2.14. The van der Waals surface area contributed by atoms with Crippen LogP contribution < -0.4 is 0 Å². The first-order valence-electron chi connectivity index (χ1n) is 8.45. The molecule has 0 N–H and O–H groups in total. The second-order valence-corrected chi connectivity index (χ2v) is 6.47. The smallest absolute Gasteiger partial charge is 0.167 e. The third kappa shape index (κ3) is 4.75. The molecule has 25 heavy (non-hydrogen) atoms. The standard InChI is InChI=1S/C21H25FN2O/c1-6-24(5)13-23-20-11-15(3)18(10-16(20)4)21(25)12-17-8-7-14(2)9-19(17)22/h7-11,13H,6,12H2,1-5H3. The number of Topliss-reactive ketones (excluding diaryl/α,β-unsaturated/α-hetero) is 1. The molecule has 0 aliphatic heterocycles. The predicted molar refractivity (Wildman–Crippen MR) is 102 cm³/mol. The summed E-state index contributed by atoms with van der Waals surface area (Å²) in [5.74, 6) is -0.406. The molecule has 0 saturated heterocycles. The molecule has 0 heterocycles. The van der Waals surface area contributed by atoms with E-state index in [9.17, 15) is 9.18 Å². The molecule has 0 fully saturated rings. The Morgan fingerprint density at radius 3 is 2.52 bits per heavy atom. The van der Waals surface area contributed by atoms with Crippen molar-refractivity contribution < 1.29 is 9.18 Å². The van der Waals surface area contributed by atoms with Gasteiger partial charge in [0.1, 0.15) is 5.82 Å². The first kappa shape index (κ1) is 18.8. The number of carbonyl (C=O) groups is 1. The van der Waals surface area contributed by atoms with E-state index in [4.69, 9.17) is 0 Å². The summed E-state index contributed by atoms with van der Waals surface area (Å²) in [5.41, 5.74) is 4.53. The summed E-state index contributed by atoms with van der Waals surface area (Å²) in [5, 5.41) is 0. The van der Waals surface area contributed by atoms with Gasteiger partial charge in [0, 0.05) is 25.6 Å². The van der Waals surface area contributed by atoms with E-state index in [-0.39, 0.29) is 18.0 Å². The lowest BCUT2D eigenvalue weighted by Gasteiger charge is -2.12. The van der Waals surface area contributed by atoms with E-state index in [2.05, 4.69) is 11.9 Å². The topological polar surface area (TPSA) is 32.7 Å². The molecule has 0 aromatic heterocycles. The molecule has 2 aromatic rings. The Hall–Kier alpha value is -2.49. The molecule has 0 aliphatic carbocycles. The Balaban J connectivity index is 2.25. The van der Waals surface area contributed by atoms with Gasteiger partial charge in [-0.2, -0.15) is 0 Å². The minimum absolute atomic E-state index is 0.0631. The molecular formula is C21H25FN2O. The van der Waals surface area contributed by atoms with E-state index in [1.165, 1.54) is 6.07 Å². The first-order chi connectivity index (χ1) is 11.8. The molecule has 0 aliphatic rings. The monoisotopic (exact) mass is 340 g/mol. The molecule has 2 rings (SSSR count). The number of carbonyl (C=O) groups excluding carboxylic acids is 1. The average molecular weight is 340 g/mol. The van der Waals surface area contributed by atoms with Crippen molar-refractivity contribution in [2.75, 3.05) is 13.6 Å². The van der Waals surface area contributed by atoms with Gasteiger partial charge in [0.15, 0.2) is 5.78 Å². The van der Waals surface area contributed by atoms with Crippen LogP contribution in [0.2, 0.25) is 0 Å². The maximum atomic E-state index is 14.0. The molecule has 0 atom stereocenters. The number of aliphatic imine (C=N–C) groups is 1. The SMILES string of the molecule is CCN(C)C=Nc1cc(C)c(C(=O)Cc2ccc(C)cc2F)cc1C. The zero-order chi connectivity index (χ0) is 18.6. The first-order valence-corrected chi connectivity index (χ1v) is 8.45. The van der Waals surface area contributed by atoms with Crippen LogP contribution in [0.5, 0.6) is 0 Å². The Bertz CT molecular complexity index is 812. The van der Waals surface area contributed by atoms with Crippen molar-refractivity contribution in [3.63, 3.8) is 0 Å². The Morgan fingerprint density at radius 1 is 1.16 bits per heavy atom. The van der Waals surface area contributed by atoms with E-state index >= 15 is 0 Å². The largest absolute Gasteiger partial charge is 0.366 e. The molecule has 0 radical (unpaired) electrons. The van der Waals surface area contributed by atoms with Gasteiger partial charge in [-0.25, -0.2) is 9.38 Å². The van der Waals surface area contributed by atoms with Crippen LogP contribution in [0.3, 0.4) is 0 Å². The van der Waals surface area contributed by atoms with Crippen LogP contribution in [0.1, 0.15) is 39.5 Å². The summed E-state index contributed by atoms with van der Waals surface area (Å²) in [6, 6.07) is 8.73. The lowest BCUT2D eigenvalue weighted by atomic mass is 9.96. The summed E-state index contributed by atoms with van der Waals surface area (Å²) in [7, 11) is 1.96. The highest BCUT2D eigenvalue weighted by molar-refractivity contribution is 5.99. The van der Waals surface area contributed by atoms with Gasteiger partial charge in [-0.1, -0.05) is 12.1 Å². The minimum atomic E-state index is -0.327. The highest BCUT2D eigenvalue weighted by atomic mass is 19.1. The normalized spacial score (nSPS) is 11.1. The molecule has 0 spiro atoms. The molecule has 132 valence electrons. The molecule has 4 heteroatoms. The quantitative estimate of drug-likeness (QED) is 0.430. The molecule has 0 unspecified atom stereocenters. The van der Waals surface area contributed by atoms with Crippen LogP contribution in [-0.4, -0.2) is 30.6 Å². The Kier molecular flexibility index (Phi) is 6.07. The fourth-order valence-electron chi connectivity index (χ4n) is 2.55. The second-order valence-electron chi connectivity index (χ2n) is 6.47. The molecule has 0 saturated carbocycles. The van der Waals surface area contributed by atoms with E-state index in [1.807, 2.05) is 50.9 Å². The summed E-state index contributed by atoms with van der Waals surface area (Å²) in [6.45, 7) is 8.58. The summed E-state index contributed by atoms with van der Waals surface area (Å²) >= 11 is 0. The Labute approximate surface area is 149 Å². The average Bonchev–Trinajstić information content (AvgIpc) is 2.57. The van der Waals surface area contributed by atoms with Crippen molar-refractivity contribution in [3.8, 4) is 0 Å². The maximum absolute atomic E-state index is 14.0. The lowest BCUT2D eigenvalue weighted by molar-refractivity contribution is 0.0991. The molecule has 0 amide bonds. The van der Waals surface area contributed by atoms with Crippen molar-refractivity contribution in [1.82, 2.24) is 4.90 Å². The van der Waals surface area contributed by atoms with Crippen molar-refractivity contribution in [2.45, 2.75) is 34.1 Å². The van der Waals surface area contributed by atoms with E-state index in [0.29, 0.717) is 11.1 Å². The van der Waals surface area contributed by atoms with Gasteiger partial charge < -0.3 is 4.90 Å². The third-order valence-corrected chi connectivity index (χ3v) is 4.30. The van der Waals surface area contributed by atoms with E-state index in [0.717, 1.165) is 28.9 Å². The fraction of sp³-hybridized carbons (Fsp3) is 0.333. The van der Waals surface area contributed by atoms with Gasteiger partial charge >= 0.3 is 0 Å². The third-order valence-electron chi connectivity index (χ3n) is 4.30. The van der Waals surface area contributed by atoms with Crippen molar-refractivity contribution in [1.29, 1.82) is 0 Å². The lowest BCUT2D eigenvalue weighted by Crippen LogP contribution is -2.14. The summed E-state index contributed by atoms with van der Waals surface area (Å²) < 4.78 is 14.0. The van der Waals surface area contributed by atoms with Gasteiger partial charge in [-0.05, 0) is 68.1 Å². The van der Waals surface area contributed by atoms with Crippen LogP contribution in [0.4, 0.5) is 10.1 Å². The van der Waals surface area contributed by atoms with Gasteiger partial charge in [0.25, 0.3) is 0 Å². The zero-order valence-corrected chi connectivity index (χ0v) is 15.6. The van der Waals surface area contributed by atoms with E-state index < -0.39 is 0 Å². The van der Waals surface area contributed by atoms with Gasteiger partial charge in [-0.3, -0.25) is 4.79 Å². The number of halogens is 1. The minimum Gasteiger partial charge on any atom is -0.366 e. The molecule has 0 bridgehead atoms. The number of rotatable bonds is 6. The number of benzene rings is 2. The molecular weight excluding hydrogens is 315 g/mol. The maximum Gasteiger partial charge on any atom is 0.167 e. The summed E-state index contributed by atoms with van der Waals surface area (Å²) in [6.07, 6.45) is 1.85. The highest BCUT2D eigenvalue weighted by Crippen LogP contribution is 2.24. The number of nitrogens with zero attached hydrogens (tertiary/aromatic N) is 2. The van der Waals surface area contributed by atoms with Crippen LogP contribution in [-0.2, 0) is 6.42 Å². The molecule has 2 aromatic carbocycles. The zero-order valence-electron chi connectivity index (χ0n) is 15.6. The van der Waals surface area contributed by atoms with Crippen LogP contribution in [0.15, 0.2) is 35.3 Å². The van der Waals surface area contributed by atoms with Crippen LogP contribution >= 0.6 is 0 Å². The second kappa shape index (κ2) is 8.06. The van der Waals surface area contributed by atoms with E-state index in [1.54, 1.807) is 12.4 Å². The Morgan fingerprint density at radius 2 is 1.88 bits per heavy atom.